The van der Waals surface area contributed by atoms with Gasteiger partial charge in [0.05, 0.1) is 29.1 Å². The number of amides is 2. The lowest BCUT2D eigenvalue weighted by Gasteiger charge is -2.25. The second-order valence-electron chi connectivity index (χ2n) is 8.10. The van der Waals surface area contributed by atoms with E-state index in [0.717, 1.165) is 11.1 Å². The smallest absolute Gasteiger partial charge is 0.254 e. The third-order valence-electron chi connectivity index (χ3n) is 5.84. The molecule has 1 aliphatic rings. The summed E-state index contributed by atoms with van der Waals surface area (Å²) in [5, 5.41) is 16.6. The number of nitrogens with zero attached hydrogens (tertiary/aromatic N) is 3. The molecule has 3 N–H and O–H groups in total. The number of aromatic nitrogens is 2. The van der Waals surface area contributed by atoms with Gasteiger partial charge in [-0.3, -0.25) is 9.59 Å². The molecule has 2 atom stereocenters. The standard InChI is InChI=1S/C25H26ClN5O3/c1-3-20(32)23(15-7-5-4-6-8-15)29-21(33)14-31-13-17-10-9-16(11-18(17)24(31)34)22-19(26)12-28-25(27-2)30-22/h4-12,20,23,32H,3,13-14H2,1-2H3,(H,29,33)(H,27,28,30). The molecule has 2 heterocycles. The molecule has 176 valence electrons. The number of aliphatic hydroxyl groups is 1. The lowest BCUT2D eigenvalue weighted by atomic mass is 9.99. The van der Waals surface area contributed by atoms with Crippen molar-refractivity contribution < 1.29 is 14.7 Å². The van der Waals surface area contributed by atoms with Crippen LogP contribution in [0.3, 0.4) is 0 Å². The van der Waals surface area contributed by atoms with Crippen molar-refractivity contribution in [1.29, 1.82) is 0 Å². The summed E-state index contributed by atoms with van der Waals surface area (Å²) in [6, 6.07) is 14.2. The highest BCUT2D eigenvalue weighted by Crippen LogP contribution is 2.31. The lowest BCUT2D eigenvalue weighted by Crippen LogP contribution is -2.42. The fraction of sp³-hybridized carbons (Fsp3) is 0.280. The highest BCUT2D eigenvalue weighted by molar-refractivity contribution is 6.33. The van der Waals surface area contributed by atoms with Gasteiger partial charge in [-0.15, -0.1) is 0 Å². The first-order valence-electron chi connectivity index (χ1n) is 11.1. The van der Waals surface area contributed by atoms with Crippen molar-refractivity contribution in [2.45, 2.75) is 32.0 Å². The number of fused-ring (bicyclic) bond motifs is 1. The second kappa shape index (κ2) is 10.2. The van der Waals surface area contributed by atoms with E-state index in [1.54, 1.807) is 13.1 Å². The van der Waals surface area contributed by atoms with Gasteiger partial charge in [0.1, 0.15) is 6.54 Å². The van der Waals surface area contributed by atoms with Crippen LogP contribution in [-0.2, 0) is 11.3 Å². The van der Waals surface area contributed by atoms with Gasteiger partial charge in [0.25, 0.3) is 5.91 Å². The Balaban J connectivity index is 1.50. The fourth-order valence-electron chi connectivity index (χ4n) is 4.02. The van der Waals surface area contributed by atoms with Gasteiger partial charge in [-0.25, -0.2) is 9.97 Å². The number of halogens is 1. The molecule has 9 heteroatoms. The van der Waals surface area contributed by atoms with Crippen molar-refractivity contribution in [3.8, 4) is 11.3 Å². The van der Waals surface area contributed by atoms with E-state index in [9.17, 15) is 14.7 Å². The van der Waals surface area contributed by atoms with Crippen LogP contribution >= 0.6 is 11.6 Å². The Morgan fingerprint density at radius 1 is 1.24 bits per heavy atom. The van der Waals surface area contributed by atoms with Gasteiger partial charge in [0.15, 0.2) is 0 Å². The Hall–Kier alpha value is -3.49. The van der Waals surface area contributed by atoms with Crippen LogP contribution in [0.2, 0.25) is 5.02 Å². The first kappa shape index (κ1) is 23.7. The summed E-state index contributed by atoms with van der Waals surface area (Å²) >= 11 is 6.29. The van der Waals surface area contributed by atoms with Gasteiger partial charge in [0, 0.05) is 24.7 Å². The highest BCUT2D eigenvalue weighted by atomic mass is 35.5. The molecule has 8 nitrogen and oxygen atoms in total. The number of aliphatic hydroxyl groups excluding tert-OH is 1. The Morgan fingerprint density at radius 3 is 2.71 bits per heavy atom. The van der Waals surface area contributed by atoms with Crippen molar-refractivity contribution in [1.82, 2.24) is 20.2 Å². The van der Waals surface area contributed by atoms with Gasteiger partial charge in [-0.1, -0.05) is 61.0 Å². The SMILES string of the molecule is CCC(O)C(NC(=O)CN1Cc2ccc(-c3nc(NC)ncc3Cl)cc2C1=O)c1ccccc1. The van der Waals surface area contributed by atoms with Crippen LogP contribution < -0.4 is 10.6 Å². The molecule has 0 saturated carbocycles. The van der Waals surface area contributed by atoms with Crippen molar-refractivity contribution in [3.63, 3.8) is 0 Å². The number of carbonyl (C=O) groups is 2. The van der Waals surface area contributed by atoms with E-state index in [1.165, 1.54) is 11.1 Å². The molecule has 34 heavy (non-hydrogen) atoms. The summed E-state index contributed by atoms with van der Waals surface area (Å²) in [6.45, 7) is 2.07. The zero-order chi connectivity index (χ0) is 24.2. The Labute approximate surface area is 203 Å². The van der Waals surface area contributed by atoms with Crippen LogP contribution in [0.4, 0.5) is 5.95 Å². The molecule has 0 saturated heterocycles. The Morgan fingerprint density at radius 2 is 2.00 bits per heavy atom. The molecular formula is C25H26ClN5O3. The zero-order valence-electron chi connectivity index (χ0n) is 19.0. The van der Waals surface area contributed by atoms with Crippen LogP contribution in [0.1, 0.15) is 40.9 Å². The average Bonchev–Trinajstić information content (AvgIpc) is 3.17. The van der Waals surface area contributed by atoms with Crippen molar-refractivity contribution >= 4 is 29.4 Å². The number of hydrogen-bond donors (Lipinski definition) is 3. The Kier molecular flexibility index (Phi) is 7.09. The summed E-state index contributed by atoms with van der Waals surface area (Å²) in [6.07, 6.45) is 1.26. The molecule has 2 unspecified atom stereocenters. The van der Waals surface area contributed by atoms with Gasteiger partial charge in [-0.2, -0.15) is 0 Å². The molecular weight excluding hydrogens is 454 g/mol. The predicted octanol–water partition coefficient (Wildman–Crippen LogP) is 3.42. The summed E-state index contributed by atoms with van der Waals surface area (Å²) in [4.78, 5) is 35.9. The van der Waals surface area contributed by atoms with Gasteiger partial charge in [0.2, 0.25) is 11.9 Å². The number of benzene rings is 2. The molecule has 0 spiro atoms. The molecule has 2 aromatic carbocycles. The normalized spacial score (nSPS) is 14.5. The monoisotopic (exact) mass is 479 g/mol. The minimum absolute atomic E-state index is 0.110. The molecule has 1 aromatic heterocycles. The van der Waals surface area contributed by atoms with Crippen LogP contribution in [0.15, 0.2) is 54.7 Å². The summed E-state index contributed by atoms with van der Waals surface area (Å²) in [7, 11) is 1.71. The van der Waals surface area contributed by atoms with Crippen LogP contribution in [0.5, 0.6) is 0 Å². The first-order valence-corrected chi connectivity index (χ1v) is 11.4. The van der Waals surface area contributed by atoms with Gasteiger partial charge in [-0.05, 0) is 23.6 Å². The molecule has 0 fully saturated rings. The molecule has 0 radical (unpaired) electrons. The van der Waals surface area contributed by atoms with E-state index in [4.69, 9.17) is 11.6 Å². The average molecular weight is 480 g/mol. The topological polar surface area (TPSA) is 107 Å². The maximum absolute atomic E-state index is 13.1. The van der Waals surface area contributed by atoms with Crippen LogP contribution in [0.25, 0.3) is 11.3 Å². The third kappa shape index (κ3) is 4.88. The zero-order valence-corrected chi connectivity index (χ0v) is 19.7. The fourth-order valence-corrected chi connectivity index (χ4v) is 4.22. The molecule has 1 aliphatic heterocycles. The molecule has 2 amide bonds. The molecule has 0 aliphatic carbocycles. The quantitative estimate of drug-likeness (QED) is 0.457. The van der Waals surface area contributed by atoms with Crippen LogP contribution in [0, 0.1) is 0 Å². The highest BCUT2D eigenvalue weighted by Gasteiger charge is 2.31. The van der Waals surface area contributed by atoms with Crippen molar-refractivity contribution in [2.24, 2.45) is 0 Å². The lowest BCUT2D eigenvalue weighted by molar-refractivity contribution is -0.123. The molecule has 3 aromatic rings. The summed E-state index contributed by atoms with van der Waals surface area (Å²) in [5.74, 6) is -0.148. The largest absolute Gasteiger partial charge is 0.391 e. The van der Waals surface area contributed by atoms with Crippen molar-refractivity contribution in [3.05, 3.63) is 76.4 Å². The van der Waals surface area contributed by atoms with Crippen molar-refractivity contribution in [2.75, 3.05) is 18.9 Å². The molecule has 0 bridgehead atoms. The van der Waals surface area contributed by atoms with E-state index in [0.29, 0.717) is 40.8 Å². The number of nitrogens with one attached hydrogen (secondary N) is 2. The van der Waals surface area contributed by atoms with E-state index in [2.05, 4.69) is 20.6 Å². The number of anilines is 1. The van der Waals surface area contributed by atoms with Gasteiger partial charge < -0.3 is 20.6 Å². The number of carbonyl (C=O) groups excluding carboxylic acids is 2. The first-order chi connectivity index (χ1) is 16.4. The van der Waals surface area contributed by atoms with E-state index >= 15 is 0 Å². The van der Waals surface area contributed by atoms with Gasteiger partial charge >= 0.3 is 0 Å². The minimum Gasteiger partial charge on any atom is -0.391 e. The Bertz CT molecular complexity index is 1200. The predicted molar refractivity (Wildman–Crippen MR) is 130 cm³/mol. The van der Waals surface area contributed by atoms with E-state index in [-0.39, 0.29) is 18.4 Å². The minimum atomic E-state index is -0.736. The van der Waals surface area contributed by atoms with E-state index < -0.39 is 12.1 Å². The number of rotatable bonds is 8. The summed E-state index contributed by atoms with van der Waals surface area (Å²) < 4.78 is 0. The molecule has 4 rings (SSSR count). The maximum atomic E-state index is 13.1. The van der Waals surface area contributed by atoms with E-state index in [1.807, 2.05) is 49.4 Å². The second-order valence-corrected chi connectivity index (χ2v) is 8.51. The third-order valence-corrected chi connectivity index (χ3v) is 6.12. The van der Waals surface area contributed by atoms with Crippen LogP contribution in [-0.4, -0.2) is 51.5 Å². The number of hydrogen-bond acceptors (Lipinski definition) is 6. The maximum Gasteiger partial charge on any atom is 0.254 e. The summed E-state index contributed by atoms with van der Waals surface area (Å²) in [5.41, 5.74) is 3.37.